The van der Waals surface area contributed by atoms with E-state index in [4.69, 9.17) is 14.2 Å². The van der Waals surface area contributed by atoms with Crippen molar-refractivity contribution in [2.45, 2.75) is 20.0 Å². The number of hydrogen-bond donors (Lipinski definition) is 0. The van der Waals surface area contributed by atoms with Gasteiger partial charge in [0.25, 0.3) is 0 Å². The van der Waals surface area contributed by atoms with Crippen LogP contribution in [-0.2, 0) is 9.53 Å². The molecule has 1 aliphatic rings. The van der Waals surface area contributed by atoms with Crippen LogP contribution in [0.15, 0.2) is 48.2 Å². The van der Waals surface area contributed by atoms with Gasteiger partial charge < -0.3 is 14.2 Å². The van der Waals surface area contributed by atoms with Gasteiger partial charge in [-0.25, -0.2) is 9.18 Å². The third-order valence-corrected chi connectivity index (χ3v) is 3.72. The molecule has 0 bridgehead atoms. The van der Waals surface area contributed by atoms with Crippen LogP contribution >= 0.6 is 0 Å². The number of allylic oxidation sites excluding steroid dienone is 1. The summed E-state index contributed by atoms with van der Waals surface area (Å²) in [5.41, 5.74) is 0.900. The molecule has 0 radical (unpaired) electrons. The number of carbonyl (C=O) groups is 2. The Morgan fingerprint density at radius 2 is 2.08 bits per heavy atom. The van der Waals surface area contributed by atoms with E-state index in [2.05, 4.69) is 0 Å². The number of carbonyl (C=O) groups excluding carboxylic acids is 2. The lowest BCUT2D eigenvalue weighted by atomic mass is 10.1. The van der Waals surface area contributed by atoms with Crippen molar-refractivity contribution in [3.63, 3.8) is 0 Å². The lowest BCUT2D eigenvalue weighted by Gasteiger charge is -2.13. The molecule has 2 aromatic carbocycles. The summed E-state index contributed by atoms with van der Waals surface area (Å²) in [7, 11) is 0. The summed E-state index contributed by atoms with van der Waals surface area (Å²) in [6.45, 7) is 3.56. The van der Waals surface area contributed by atoms with Crippen LogP contribution in [0.25, 0.3) is 6.08 Å². The number of rotatable bonds is 5. The summed E-state index contributed by atoms with van der Waals surface area (Å²) in [5, 5.41) is 0. The summed E-state index contributed by atoms with van der Waals surface area (Å²) in [4.78, 5) is 24.1. The molecule has 26 heavy (non-hydrogen) atoms. The zero-order chi connectivity index (χ0) is 18.7. The first kappa shape index (κ1) is 17.7. The Kier molecular flexibility index (Phi) is 5.02. The number of halogens is 1. The van der Waals surface area contributed by atoms with Crippen molar-refractivity contribution in [3.8, 4) is 11.5 Å². The first-order valence-electron chi connectivity index (χ1n) is 8.15. The van der Waals surface area contributed by atoms with Crippen LogP contribution in [0.4, 0.5) is 4.39 Å². The fourth-order valence-corrected chi connectivity index (χ4v) is 2.50. The number of benzene rings is 2. The minimum absolute atomic E-state index is 0.0983. The lowest BCUT2D eigenvalue weighted by molar-refractivity contribution is -0.150. The maximum Gasteiger partial charge on any atom is 0.347 e. The molecule has 0 unspecified atom stereocenters. The normalized spacial score (nSPS) is 15.3. The van der Waals surface area contributed by atoms with E-state index in [9.17, 15) is 14.0 Å². The average molecular weight is 356 g/mol. The van der Waals surface area contributed by atoms with Crippen LogP contribution in [0.2, 0.25) is 0 Å². The number of esters is 1. The van der Waals surface area contributed by atoms with Gasteiger partial charge in [0.1, 0.15) is 17.3 Å². The molecule has 0 aliphatic carbocycles. The summed E-state index contributed by atoms with van der Waals surface area (Å²) in [5.74, 6) is -0.367. The fourth-order valence-electron chi connectivity index (χ4n) is 2.50. The van der Waals surface area contributed by atoms with Gasteiger partial charge in [0.05, 0.1) is 12.2 Å². The smallest absolute Gasteiger partial charge is 0.347 e. The van der Waals surface area contributed by atoms with Gasteiger partial charge in [0.2, 0.25) is 5.78 Å². The molecule has 0 saturated carbocycles. The highest BCUT2D eigenvalue weighted by molar-refractivity contribution is 6.14. The molecule has 0 N–H and O–H groups in total. The molecule has 5 nitrogen and oxygen atoms in total. The third-order valence-electron chi connectivity index (χ3n) is 3.72. The van der Waals surface area contributed by atoms with Crippen molar-refractivity contribution < 1.29 is 28.2 Å². The van der Waals surface area contributed by atoms with Crippen molar-refractivity contribution in [1.82, 2.24) is 0 Å². The summed E-state index contributed by atoms with van der Waals surface area (Å²) in [6, 6.07) is 10.5. The lowest BCUT2D eigenvalue weighted by Crippen LogP contribution is -2.26. The average Bonchev–Trinajstić information content (AvgIpc) is 2.90. The van der Waals surface area contributed by atoms with E-state index in [0.29, 0.717) is 22.6 Å². The van der Waals surface area contributed by atoms with Gasteiger partial charge in [-0.15, -0.1) is 0 Å². The third kappa shape index (κ3) is 3.74. The molecule has 0 saturated heterocycles. The van der Waals surface area contributed by atoms with Gasteiger partial charge >= 0.3 is 5.97 Å². The van der Waals surface area contributed by atoms with Crippen LogP contribution < -0.4 is 9.47 Å². The van der Waals surface area contributed by atoms with E-state index in [0.717, 1.165) is 0 Å². The second kappa shape index (κ2) is 7.39. The van der Waals surface area contributed by atoms with Gasteiger partial charge in [0, 0.05) is 6.07 Å². The second-order valence-electron chi connectivity index (χ2n) is 5.66. The molecule has 1 heterocycles. The maximum absolute atomic E-state index is 13.3. The van der Waals surface area contributed by atoms with E-state index >= 15 is 0 Å². The number of Topliss-reactive ketones (excluding diaryl/α,β-unsaturated/α-hetero) is 1. The predicted octanol–water partition coefficient (Wildman–Crippen LogP) is 3.77. The minimum Gasteiger partial charge on any atom is -0.479 e. The van der Waals surface area contributed by atoms with Crippen LogP contribution in [0.5, 0.6) is 11.5 Å². The van der Waals surface area contributed by atoms with Crippen LogP contribution in [0.3, 0.4) is 0 Å². The molecular weight excluding hydrogens is 339 g/mol. The Hall–Kier alpha value is -3.15. The van der Waals surface area contributed by atoms with Crippen molar-refractivity contribution in [1.29, 1.82) is 0 Å². The minimum atomic E-state index is -0.785. The van der Waals surface area contributed by atoms with Gasteiger partial charge in [-0.1, -0.05) is 12.1 Å². The van der Waals surface area contributed by atoms with Crippen LogP contribution in [0.1, 0.15) is 29.8 Å². The molecule has 1 aliphatic heterocycles. The largest absolute Gasteiger partial charge is 0.479 e. The summed E-state index contributed by atoms with van der Waals surface area (Å²) >= 11 is 0. The first-order chi connectivity index (χ1) is 12.5. The van der Waals surface area contributed by atoms with E-state index in [1.54, 1.807) is 38.1 Å². The highest BCUT2D eigenvalue weighted by Crippen LogP contribution is 2.35. The Balaban J connectivity index is 1.79. The Bertz CT molecular complexity index is 888. The number of hydrogen-bond acceptors (Lipinski definition) is 5. The summed E-state index contributed by atoms with van der Waals surface area (Å²) in [6.07, 6.45) is 0.695. The van der Waals surface area contributed by atoms with Crippen LogP contribution in [0, 0.1) is 5.82 Å². The zero-order valence-corrected chi connectivity index (χ0v) is 14.3. The molecule has 2 aromatic rings. The quantitative estimate of drug-likeness (QED) is 0.603. The second-order valence-corrected chi connectivity index (χ2v) is 5.66. The van der Waals surface area contributed by atoms with E-state index in [-0.39, 0.29) is 18.1 Å². The maximum atomic E-state index is 13.3. The van der Waals surface area contributed by atoms with Crippen molar-refractivity contribution in [2.75, 3.05) is 6.61 Å². The highest BCUT2D eigenvalue weighted by Gasteiger charge is 2.28. The molecule has 134 valence electrons. The van der Waals surface area contributed by atoms with E-state index in [1.165, 1.54) is 24.3 Å². The Labute approximate surface area is 150 Å². The predicted molar refractivity (Wildman–Crippen MR) is 92.5 cm³/mol. The highest BCUT2D eigenvalue weighted by atomic mass is 19.1. The van der Waals surface area contributed by atoms with Gasteiger partial charge in [-0.05, 0) is 49.8 Å². The molecule has 0 aromatic heterocycles. The molecule has 3 rings (SSSR count). The van der Waals surface area contributed by atoms with Crippen molar-refractivity contribution >= 4 is 17.8 Å². The van der Waals surface area contributed by atoms with Gasteiger partial charge in [-0.2, -0.15) is 0 Å². The molecule has 0 fully saturated rings. The molecule has 0 spiro atoms. The molecular formula is C20H17FO5. The van der Waals surface area contributed by atoms with Crippen molar-refractivity contribution in [2.24, 2.45) is 0 Å². The number of ketones is 1. The fraction of sp³-hybridized carbons (Fsp3) is 0.200. The molecule has 1 atom stereocenters. The van der Waals surface area contributed by atoms with E-state index < -0.39 is 17.9 Å². The number of ether oxygens (including phenoxy) is 3. The molecule has 6 heteroatoms. The SMILES string of the molecule is CCOC(=O)[C@@H](C)Oc1ccc2c(c1)O/C(=C/c1cccc(F)c1)C2=O. The van der Waals surface area contributed by atoms with E-state index in [1.807, 2.05) is 0 Å². The standard InChI is InChI=1S/C20H17FO5/c1-3-24-20(23)12(2)25-15-7-8-16-17(11-15)26-18(19(16)22)10-13-5-4-6-14(21)9-13/h4-12H,3H2,1-2H3/b18-10+/t12-/m1/s1. The summed E-state index contributed by atoms with van der Waals surface area (Å²) < 4.78 is 29.3. The number of fused-ring (bicyclic) bond motifs is 1. The van der Waals surface area contributed by atoms with Gasteiger partial charge in [-0.3, -0.25) is 4.79 Å². The monoisotopic (exact) mass is 356 g/mol. The first-order valence-corrected chi connectivity index (χ1v) is 8.15. The van der Waals surface area contributed by atoms with Crippen LogP contribution in [-0.4, -0.2) is 24.5 Å². The molecule has 0 amide bonds. The van der Waals surface area contributed by atoms with Gasteiger partial charge in [0.15, 0.2) is 11.9 Å². The zero-order valence-electron chi connectivity index (χ0n) is 14.3. The topological polar surface area (TPSA) is 61.8 Å². The van der Waals surface area contributed by atoms with Crippen molar-refractivity contribution in [3.05, 3.63) is 65.2 Å². The Morgan fingerprint density at radius 3 is 2.81 bits per heavy atom. The Morgan fingerprint density at radius 1 is 1.27 bits per heavy atom.